The van der Waals surface area contributed by atoms with Crippen molar-refractivity contribution < 1.29 is 18.9 Å². The molecule has 0 N–H and O–H groups in total. The number of nitrogens with zero attached hydrogens (tertiary/aromatic N) is 3. The van der Waals surface area contributed by atoms with Gasteiger partial charge in [0.05, 0.1) is 38.3 Å². The van der Waals surface area contributed by atoms with Crippen LogP contribution in [0.25, 0.3) is 22.0 Å². The zero-order valence-corrected chi connectivity index (χ0v) is 16.8. The second-order valence-electron chi connectivity index (χ2n) is 6.78. The molecule has 0 atom stereocenters. The highest BCUT2D eigenvalue weighted by Crippen LogP contribution is 2.34. The fourth-order valence-electron chi connectivity index (χ4n) is 3.44. The zero-order chi connectivity index (χ0) is 20.1. The minimum Gasteiger partial charge on any atom is -0.493 e. The van der Waals surface area contributed by atoms with Crippen LogP contribution in [-0.2, 0) is 4.74 Å². The number of benzene rings is 2. The van der Waals surface area contributed by atoms with E-state index in [1.807, 2.05) is 30.3 Å². The lowest BCUT2D eigenvalue weighted by atomic mass is 10.0. The molecule has 1 aromatic heterocycles. The van der Waals surface area contributed by atoms with Crippen LogP contribution in [0.1, 0.15) is 0 Å². The minimum atomic E-state index is 0.576. The summed E-state index contributed by atoms with van der Waals surface area (Å²) in [6.45, 7) is 4.88. The number of rotatable bonds is 7. The minimum absolute atomic E-state index is 0.576. The predicted octanol–water partition coefficient (Wildman–Crippen LogP) is 3.03. The van der Waals surface area contributed by atoms with E-state index in [-0.39, 0.29) is 0 Å². The fraction of sp³-hybridized carbons (Fsp3) is 0.364. The molecule has 0 unspecified atom stereocenters. The molecule has 0 radical (unpaired) electrons. The maximum atomic E-state index is 6.02. The molecule has 29 heavy (non-hydrogen) atoms. The van der Waals surface area contributed by atoms with Gasteiger partial charge >= 0.3 is 0 Å². The summed E-state index contributed by atoms with van der Waals surface area (Å²) in [7, 11) is 3.27. The third kappa shape index (κ3) is 4.41. The summed E-state index contributed by atoms with van der Waals surface area (Å²) < 4.78 is 22.2. The SMILES string of the molecule is COc1ccc(-c2ccc3ncnc(OCCN4CCOCC4)c3c2)cc1OC. The Morgan fingerprint density at radius 3 is 2.48 bits per heavy atom. The van der Waals surface area contributed by atoms with Crippen LogP contribution in [0.4, 0.5) is 0 Å². The first-order valence-corrected chi connectivity index (χ1v) is 9.68. The van der Waals surface area contributed by atoms with Gasteiger partial charge < -0.3 is 18.9 Å². The van der Waals surface area contributed by atoms with Crippen molar-refractivity contribution in [2.45, 2.75) is 0 Å². The Morgan fingerprint density at radius 1 is 0.931 bits per heavy atom. The molecule has 3 aromatic rings. The smallest absolute Gasteiger partial charge is 0.224 e. The van der Waals surface area contributed by atoms with Crippen molar-refractivity contribution in [1.29, 1.82) is 0 Å². The Morgan fingerprint density at radius 2 is 1.69 bits per heavy atom. The Kier molecular flexibility index (Phi) is 6.07. The van der Waals surface area contributed by atoms with E-state index < -0.39 is 0 Å². The van der Waals surface area contributed by atoms with E-state index in [2.05, 4.69) is 20.9 Å². The number of aromatic nitrogens is 2. The van der Waals surface area contributed by atoms with E-state index in [4.69, 9.17) is 18.9 Å². The van der Waals surface area contributed by atoms with Gasteiger partial charge in [0.1, 0.15) is 12.9 Å². The van der Waals surface area contributed by atoms with E-state index in [1.165, 1.54) is 0 Å². The van der Waals surface area contributed by atoms with Crippen molar-refractivity contribution in [3.8, 4) is 28.5 Å². The maximum absolute atomic E-state index is 6.02. The first-order chi connectivity index (χ1) is 14.3. The lowest BCUT2D eigenvalue weighted by molar-refractivity contribution is 0.0321. The molecular weight excluding hydrogens is 370 g/mol. The maximum Gasteiger partial charge on any atom is 0.224 e. The number of ether oxygens (including phenoxy) is 4. The lowest BCUT2D eigenvalue weighted by Gasteiger charge is -2.26. The lowest BCUT2D eigenvalue weighted by Crippen LogP contribution is -2.38. The van der Waals surface area contributed by atoms with E-state index >= 15 is 0 Å². The van der Waals surface area contributed by atoms with Crippen molar-refractivity contribution in [3.63, 3.8) is 0 Å². The molecule has 1 fully saturated rings. The van der Waals surface area contributed by atoms with Crippen LogP contribution in [0.15, 0.2) is 42.7 Å². The summed E-state index contributed by atoms with van der Waals surface area (Å²) >= 11 is 0. The van der Waals surface area contributed by atoms with Crippen molar-refractivity contribution in [1.82, 2.24) is 14.9 Å². The third-order valence-corrected chi connectivity index (χ3v) is 5.07. The van der Waals surface area contributed by atoms with Crippen LogP contribution in [0.5, 0.6) is 17.4 Å². The van der Waals surface area contributed by atoms with E-state index in [1.54, 1.807) is 20.5 Å². The summed E-state index contributed by atoms with van der Waals surface area (Å²) in [5, 5.41) is 0.891. The number of fused-ring (bicyclic) bond motifs is 1. The van der Waals surface area contributed by atoms with Gasteiger partial charge in [0.2, 0.25) is 5.88 Å². The molecule has 1 saturated heterocycles. The van der Waals surface area contributed by atoms with Gasteiger partial charge in [-0.15, -0.1) is 0 Å². The monoisotopic (exact) mass is 395 g/mol. The summed E-state index contributed by atoms with van der Waals surface area (Å²) in [6, 6.07) is 11.9. The van der Waals surface area contributed by atoms with Crippen LogP contribution < -0.4 is 14.2 Å². The van der Waals surface area contributed by atoms with Crippen molar-refractivity contribution in [3.05, 3.63) is 42.7 Å². The summed E-state index contributed by atoms with van der Waals surface area (Å²) in [4.78, 5) is 11.1. The highest BCUT2D eigenvalue weighted by Gasteiger charge is 2.12. The highest BCUT2D eigenvalue weighted by molar-refractivity contribution is 5.88. The van der Waals surface area contributed by atoms with E-state index in [9.17, 15) is 0 Å². The van der Waals surface area contributed by atoms with Gasteiger partial charge in [0, 0.05) is 19.6 Å². The Bertz CT molecular complexity index is 973. The molecule has 2 aromatic carbocycles. The fourth-order valence-corrected chi connectivity index (χ4v) is 3.44. The van der Waals surface area contributed by atoms with Gasteiger partial charge in [-0.2, -0.15) is 0 Å². The van der Waals surface area contributed by atoms with Gasteiger partial charge in [-0.1, -0.05) is 12.1 Å². The van der Waals surface area contributed by atoms with E-state index in [0.29, 0.717) is 24.0 Å². The van der Waals surface area contributed by atoms with Gasteiger partial charge in [-0.3, -0.25) is 4.90 Å². The van der Waals surface area contributed by atoms with Crippen LogP contribution in [0, 0.1) is 0 Å². The third-order valence-electron chi connectivity index (χ3n) is 5.07. The van der Waals surface area contributed by atoms with Gasteiger partial charge in [-0.25, -0.2) is 9.97 Å². The molecule has 0 spiro atoms. The number of hydrogen-bond donors (Lipinski definition) is 0. The highest BCUT2D eigenvalue weighted by atomic mass is 16.5. The van der Waals surface area contributed by atoms with Crippen molar-refractivity contribution >= 4 is 10.9 Å². The topological polar surface area (TPSA) is 65.9 Å². The molecule has 1 aliphatic heterocycles. The normalized spacial score (nSPS) is 14.7. The predicted molar refractivity (Wildman–Crippen MR) is 111 cm³/mol. The number of methoxy groups -OCH3 is 2. The summed E-state index contributed by atoms with van der Waals surface area (Å²) in [5.74, 6) is 1.99. The Balaban J connectivity index is 1.57. The second-order valence-corrected chi connectivity index (χ2v) is 6.78. The largest absolute Gasteiger partial charge is 0.493 e. The van der Waals surface area contributed by atoms with Crippen molar-refractivity contribution in [2.24, 2.45) is 0 Å². The Labute approximate surface area is 170 Å². The molecule has 152 valence electrons. The molecule has 2 heterocycles. The quantitative estimate of drug-likeness (QED) is 0.609. The molecule has 7 heteroatoms. The number of hydrogen-bond acceptors (Lipinski definition) is 7. The number of morpholine rings is 1. The first kappa shape index (κ1) is 19.4. The Hall–Kier alpha value is -2.90. The van der Waals surface area contributed by atoms with Gasteiger partial charge in [0.25, 0.3) is 0 Å². The molecule has 0 bridgehead atoms. The molecule has 0 saturated carbocycles. The molecule has 0 aliphatic carbocycles. The van der Waals surface area contributed by atoms with Gasteiger partial charge in [0.15, 0.2) is 11.5 Å². The van der Waals surface area contributed by atoms with Crippen LogP contribution in [-0.4, -0.2) is 68.5 Å². The molecule has 4 rings (SSSR count). The zero-order valence-electron chi connectivity index (χ0n) is 16.8. The van der Waals surface area contributed by atoms with Gasteiger partial charge in [-0.05, 0) is 35.4 Å². The standard InChI is InChI=1S/C22H25N3O4/c1-26-20-6-4-17(14-21(20)27-2)16-3-5-19-18(13-16)22(24-15-23-19)29-12-9-25-7-10-28-11-8-25/h3-6,13-15H,7-12H2,1-2H3. The summed E-state index contributed by atoms with van der Waals surface area (Å²) in [5.41, 5.74) is 2.91. The average molecular weight is 395 g/mol. The first-order valence-electron chi connectivity index (χ1n) is 9.68. The molecule has 7 nitrogen and oxygen atoms in total. The molecular formula is C22H25N3O4. The molecule has 1 aliphatic rings. The van der Waals surface area contributed by atoms with Crippen LogP contribution in [0.3, 0.4) is 0 Å². The van der Waals surface area contributed by atoms with Crippen LogP contribution in [0.2, 0.25) is 0 Å². The summed E-state index contributed by atoms with van der Waals surface area (Å²) in [6.07, 6.45) is 1.54. The van der Waals surface area contributed by atoms with E-state index in [0.717, 1.165) is 54.9 Å². The average Bonchev–Trinajstić information content (AvgIpc) is 2.79. The second kappa shape index (κ2) is 9.07. The van der Waals surface area contributed by atoms with Crippen LogP contribution >= 0.6 is 0 Å². The van der Waals surface area contributed by atoms with Crippen molar-refractivity contribution in [2.75, 3.05) is 53.7 Å². The molecule has 0 amide bonds.